The molecular weight excluding hydrogens is 387 g/mol. The summed E-state index contributed by atoms with van der Waals surface area (Å²) in [5.41, 5.74) is 0.747. The van der Waals surface area contributed by atoms with Gasteiger partial charge in [-0.15, -0.1) is 11.3 Å². The van der Waals surface area contributed by atoms with E-state index in [1.54, 1.807) is 17.5 Å². The highest BCUT2D eigenvalue weighted by molar-refractivity contribution is 7.20. The third-order valence-electron chi connectivity index (χ3n) is 7.21. The Morgan fingerprint density at radius 1 is 1.07 bits per heavy atom. The van der Waals surface area contributed by atoms with Gasteiger partial charge in [0.1, 0.15) is 0 Å². The van der Waals surface area contributed by atoms with E-state index in [-0.39, 0.29) is 29.1 Å². The van der Waals surface area contributed by atoms with Crippen LogP contribution in [-0.4, -0.2) is 40.0 Å². The fraction of sp³-hybridized carbons (Fsp3) is 0.571. The van der Waals surface area contributed by atoms with Crippen LogP contribution in [0.1, 0.15) is 46.4 Å². The number of hydrogen-bond donors (Lipinski definition) is 0. The number of likely N-dealkylation sites (tertiary alicyclic amines) is 1. The maximum Gasteiger partial charge on any atom is 0.496 e. The van der Waals surface area contributed by atoms with Gasteiger partial charge in [-0.3, -0.25) is 19.5 Å². The van der Waals surface area contributed by atoms with E-state index in [0.29, 0.717) is 6.54 Å². The molecule has 3 aliphatic rings. The predicted molar refractivity (Wildman–Crippen MR) is 112 cm³/mol. The average molecular weight is 412 g/mol. The maximum atomic E-state index is 12.7. The summed E-state index contributed by atoms with van der Waals surface area (Å²) in [6, 6.07) is 3.89. The van der Waals surface area contributed by atoms with E-state index >= 15 is 0 Å². The minimum absolute atomic E-state index is 0.0402. The monoisotopic (exact) mass is 412 g/mol. The van der Waals surface area contributed by atoms with Crippen molar-refractivity contribution in [2.45, 2.75) is 59.3 Å². The second kappa shape index (κ2) is 5.68. The van der Waals surface area contributed by atoms with Crippen LogP contribution in [-0.2, 0) is 25.4 Å². The fourth-order valence-corrected chi connectivity index (χ4v) is 5.68. The predicted octanol–water partition coefficient (Wildman–Crippen LogP) is 2.74. The summed E-state index contributed by atoms with van der Waals surface area (Å²) < 4.78 is 13.4. The number of hydrogen-bond acceptors (Lipinski definition) is 6. The molecule has 8 heteroatoms. The lowest BCUT2D eigenvalue weighted by molar-refractivity contribution is -0.143. The van der Waals surface area contributed by atoms with Crippen LogP contribution in [0.4, 0.5) is 0 Å². The number of rotatable bonds is 3. The molecule has 4 heterocycles. The van der Waals surface area contributed by atoms with Crippen molar-refractivity contribution >= 4 is 45.9 Å². The summed E-state index contributed by atoms with van der Waals surface area (Å²) >= 11 is 1.55. The topological polar surface area (TPSA) is 68.7 Å². The summed E-state index contributed by atoms with van der Waals surface area (Å²) in [5.74, 6) is -0.381. The van der Waals surface area contributed by atoms with E-state index in [4.69, 9.17) is 9.31 Å². The van der Waals surface area contributed by atoms with E-state index in [9.17, 15) is 9.59 Å². The largest absolute Gasteiger partial charge is 0.496 e. The third kappa shape index (κ3) is 2.58. The standard InChI is InChI=1S/C21H25BN2O4S/c1-19(2)14-15(19)18(26)24(17(14)25)10-11-9-13-16(29-11)12(7-8-23-13)22-27-20(3,4)21(5,6)28-22/h7-9,14-15H,10H2,1-6H3. The first kappa shape index (κ1) is 19.2. The number of fused-ring (bicyclic) bond motifs is 2. The molecule has 5 rings (SSSR count). The molecule has 2 atom stereocenters. The summed E-state index contributed by atoms with van der Waals surface area (Å²) in [4.78, 5) is 32.2. The smallest absolute Gasteiger partial charge is 0.399 e. The van der Waals surface area contributed by atoms with Crippen molar-refractivity contribution in [2.75, 3.05) is 0 Å². The first-order valence-corrected chi connectivity index (χ1v) is 10.8. The van der Waals surface area contributed by atoms with Gasteiger partial charge in [0.15, 0.2) is 0 Å². The van der Waals surface area contributed by atoms with E-state index < -0.39 is 18.3 Å². The normalized spacial score (nSPS) is 29.0. The lowest BCUT2D eigenvalue weighted by Gasteiger charge is -2.32. The molecule has 2 unspecified atom stereocenters. The molecule has 0 radical (unpaired) electrons. The van der Waals surface area contributed by atoms with Gasteiger partial charge < -0.3 is 9.31 Å². The molecule has 0 bridgehead atoms. The lowest BCUT2D eigenvalue weighted by Crippen LogP contribution is -2.41. The molecule has 152 valence electrons. The van der Waals surface area contributed by atoms with Gasteiger partial charge in [-0.25, -0.2) is 0 Å². The Bertz CT molecular complexity index is 1020. The lowest BCUT2D eigenvalue weighted by atomic mass is 9.79. The van der Waals surface area contributed by atoms with Crippen LogP contribution in [0.2, 0.25) is 0 Å². The van der Waals surface area contributed by atoms with Crippen LogP contribution in [0.3, 0.4) is 0 Å². The highest BCUT2D eigenvalue weighted by Gasteiger charge is 2.72. The molecule has 2 aliphatic heterocycles. The van der Waals surface area contributed by atoms with Crippen molar-refractivity contribution in [2.24, 2.45) is 17.3 Å². The second-order valence-corrected chi connectivity index (χ2v) is 11.1. The highest BCUT2D eigenvalue weighted by atomic mass is 32.1. The number of amides is 2. The Morgan fingerprint density at radius 2 is 1.66 bits per heavy atom. The minimum Gasteiger partial charge on any atom is -0.399 e. The molecule has 0 aromatic carbocycles. The fourth-order valence-electron chi connectivity index (χ4n) is 4.56. The van der Waals surface area contributed by atoms with Gasteiger partial charge >= 0.3 is 7.12 Å². The minimum atomic E-state index is -0.472. The molecule has 2 aromatic rings. The number of piperidine rings is 1. The number of pyridine rings is 1. The number of carbonyl (C=O) groups is 2. The Hall–Kier alpha value is -1.77. The van der Waals surface area contributed by atoms with E-state index in [2.05, 4.69) is 4.98 Å². The summed E-state index contributed by atoms with van der Waals surface area (Å²) in [6.45, 7) is 12.4. The quantitative estimate of drug-likeness (QED) is 0.573. The van der Waals surface area contributed by atoms with Crippen LogP contribution in [0.5, 0.6) is 0 Å². The number of nitrogens with zero attached hydrogens (tertiary/aromatic N) is 2. The molecule has 2 aromatic heterocycles. The van der Waals surface area contributed by atoms with Gasteiger partial charge in [0.05, 0.1) is 39.8 Å². The third-order valence-corrected chi connectivity index (χ3v) is 8.36. The summed E-state index contributed by atoms with van der Waals surface area (Å²) in [6.07, 6.45) is 1.75. The number of imide groups is 1. The molecule has 2 saturated heterocycles. The summed E-state index contributed by atoms with van der Waals surface area (Å²) in [5, 5.41) is 0. The first-order chi connectivity index (χ1) is 13.4. The van der Waals surface area contributed by atoms with Crippen molar-refractivity contribution in [1.29, 1.82) is 0 Å². The zero-order chi connectivity index (χ0) is 20.9. The number of thiophene rings is 1. The number of aromatic nitrogens is 1. The molecule has 0 N–H and O–H groups in total. The van der Waals surface area contributed by atoms with Crippen molar-refractivity contribution < 1.29 is 18.9 Å². The molecule has 0 spiro atoms. The molecule has 6 nitrogen and oxygen atoms in total. The highest BCUT2D eigenvalue weighted by Crippen LogP contribution is 2.63. The zero-order valence-electron chi connectivity index (χ0n) is 17.6. The van der Waals surface area contributed by atoms with Crippen molar-refractivity contribution in [3.63, 3.8) is 0 Å². The molecular formula is C21H25BN2O4S. The van der Waals surface area contributed by atoms with Gasteiger partial charge in [-0.2, -0.15) is 0 Å². The Labute approximate surface area is 174 Å². The summed E-state index contributed by atoms with van der Waals surface area (Å²) in [7, 11) is -0.472. The van der Waals surface area contributed by atoms with E-state index in [1.807, 2.05) is 53.7 Å². The van der Waals surface area contributed by atoms with Gasteiger partial charge in [-0.1, -0.05) is 13.8 Å². The van der Waals surface area contributed by atoms with Crippen molar-refractivity contribution in [3.05, 3.63) is 23.2 Å². The van der Waals surface area contributed by atoms with Gasteiger partial charge in [0.2, 0.25) is 11.8 Å². The van der Waals surface area contributed by atoms with E-state index in [1.165, 1.54) is 4.90 Å². The number of carbonyl (C=O) groups excluding carboxylic acids is 2. The van der Waals surface area contributed by atoms with Crippen molar-refractivity contribution in [3.8, 4) is 0 Å². The van der Waals surface area contributed by atoms with Gasteiger partial charge in [0.25, 0.3) is 0 Å². The maximum absolute atomic E-state index is 12.7. The average Bonchev–Trinajstić information content (AvgIpc) is 2.87. The van der Waals surface area contributed by atoms with Crippen LogP contribution in [0, 0.1) is 17.3 Å². The van der Waals surface area contributed by atoms with Gasteiger partial charge in [-0.05, 0) is 45.2 Å². The Balaban J connectivity index is 1.43. The second-order valence-electron chi connectivity index (χ2n) is 9.95. The molecule has 29 heavy (non-hydrogen) atoms. The van der Waals surface area contributed by atoms with Gasteiger partial charge in [0, 0.05) is 16.5 Å². The molecule has 3 fully saturated rings. The van der Waals surface area contributed by atoms with Crippen LogP contribution >= 0.6 is 11.3 Å². The van der Waals surface area contributed by atoms with Crippen LogP contribution in [0.15, 0.2) is 18.3 Å². The van der Waals surface area contributed by atoms with Crippen LogP contribution < -0.4 is 5.46 Å². The molecule has 1 saturated carbocycles. The van der Waals surface area contributed by atoms with Crippen molar-refractivity contribution in [1.82, 2.24) is 9.88 Å². The Kier molecular flexibility index (Phi) is 3.76. The molecule has 2 amide bonds. The SMILES string of the molecule is CC1(C)C2C(=O)N(Cc3cc4nccc(B5OC(C)(C)C(C)(C)O5)c4s3)C(=O)C21. The van der Waals surface area contributed by atoms with E-state index in [0.717, 1.165) is 20.6 Å². The van der Waals surface area contributed by atoms with Crippen LogP contribution in [0.25, 0.3) is 10.2 Å². The zero-order valence-corrected chi connectivity index (χ0v) is 18.4. The first-order valence-electron chi connectivity index (χ1n) is 10.0. The Morgan fingerprint density at radius 3 is 2.24 bits per heavy atom. The molecule has 1 aliphatic carbocycles.